The first-order chi connectivity index (χ1) is 10.1. The second-order valence-electron chi connectivity index (χ2n) is 5.21. The number of nitrogens with zero attached hydrogens (tertiary/aromatic N) is 3. The predicted molar refractivity (Wildman–Crippen MR) is 74.0 cm³/mol. The van der Waals surface area contributed by atoms with Gasteiger partial charge in [-0.05, 0) is 19.8 Å². The van der Waals surface area contributed by atoms with E-state index in [9.17, 15) is 9.59 Å². The maximum absolute atomic E-state index is 12.4. The number of hydrogen-bond acceptors (Lipinski definition) is 5. The predicted octanol–water partition coefficient (Wildman–Crippen LogP) is 1.09. The lowest BCUT2D eigenvalue weighted by atomic mass is 9.96. The number of nitrogens with one attached hydrogen (secondary N) is 1. The van der Waals surface area contributed by atoms with Gasteiger partial charge in [-0.1, -0.05) is 0 Å². The van der Waals surface area contributed by atoms with E-state index in [1.54, 1.807) is 11.8 Å². The molecule has 3 heterocycles. The lowest BCUT2D eigenvalue weighted by Gasteiger charge is -2.30. The Kier molecular flexibility index (Phi) is 3.55. The zero-order valence-corrected chi connectivity index (χ0v) is 11.7. The molecule has 0 bridgehead atoms. The minimum atomic E-state index is -0.230. The smallest absolute Gasteiger partial charge is 0.289 e. The molecule has 0 atom stereocenters. The van der Waals surface area contributed by atoms with Crippen molar-refractivity contribution in [3.05, 3.63) is 46.0 Å². The van der Waals surface area contributed by atoms with E-state index in [2.05, 4.69) is 15.2 Å². The fourth-order valence-electron chi connectivity index (χ4n) is 2.63. The number of aromatic amines is 1. The Labute approximate surface area is 121 Å². The van der Waals surface area contributed by atoms with Crippen molar-refractivity contribution in [1.82, 2.24) is 20.1 Å². The van der Waals surface area contributed by atoms with Crippen LogP contribution in [0.2, 0.25) is 0 Å². The fraction of sp³-hybridized carbons (Fsp3) is 0.429. The molecule has 0 aliphatic carbocycles. The van der Waals surface area contributed by atoms with E-state index in [4.69, 9.17) is 4.42 Å². The largest absolute Gasteiger partial charge is 0.456 e. The first-order valence-corrected chi connectivity index (χ1v) is 6.90. The standard InChI is InChI=1S/C14H16N4O3/c1-9-6-11(19)7-12(21-9)14(20)18-4-2-10(3-5-18)13-15-8-16-17-13/h6-8,10H,2-5H2,1H3,(H,15,16,17). The summed E-state index contributed by atoms with van der Waals surface area (Å²) in [6, 6.07) is 2.62. The Morgan fingerprint density at radius 2 is 2.14 bits per heavy atom. The molecule has 7 nitrogen and oxygen atoms in total. The molecule has 2 aromatic heterocycles. The third-order valence-corrected chi connectivity index (χ3v) is 3.70. The summed E-state index contributed by atoms with van der Waals surface area (Å²) < 4.78 is 5.35. The lowest BCUT2D eigenvalue weighted by Crippen LogP contribution is -2.38. The molecule has 2 aromatic rings. The number of H-pyrrole nitrogens is 1. The molecule has 0 radical (unpaired) electrons. The number of carbonyl (C=O) groups excluding carboxylic acids is 1. The van der Waals surface area contributed by atoms with Crippen molar-refractivity contribution < 1.29 is 9.21 Å². The summed E-state index contributed by atoms with van der Waals surface area (Å²) in [5.41, 5.74) is -0.210. The topological polar surface area (TPSA) is 92.1 Å². The molecule has 1 saturated heterocycles. The van der Waals surface area contributed by atoms with Crippen molar-refractivity contribution in [3.8, 4) is 0 Å². The van der Waals surface area contributed by atoms with Crippen LogP contribution in [-0.2, 0) is 0 Å². The van der Waals surface area contributed by atoms with Crippen molar-refractivity contribution in [2.75, 3.05) is 13.1 Å². The van der Waals surface area contributed by atoms with E-state index in [0.29, 0.717) is 24.8 Å². The minimum Gasteiger partial charge on any atom is -0.456 e. The number of piperidine rings is 1. The van der Waals surface area contributed by atoms with Gasteiger partial charge in [0.25, 0.3) is 5.91 Å². The molecule has 3 rings (SSSR count). The number of aryl methyl sites for hydroxylation is 1. The van der Waals surface area contributed by atoms with Gasteiger partial charge in [-0.15, -0.1) is 0 Å². The van der Waals surface area contributed by atoms with Crippen molar-refractivity contribution in [1.29, 1.82) is 0 Å². The fourth-order valence-corrected chi connectivity index (χ4v) is 2.63. The molecule has 0 saturated carbocycles. The van der Waals surface area contributed by atoms with E-state index in [0.717, 1.165) is 18.7 Å². The highest BCUT2D eigenvalue weighted by atomic mass is 16.3. The van der Waals surface area contributed by atoms with E-state index < -0.39 is 0 Å². The minimum absolute atomic E-state index is 0.109. The van der Waals surface area contributed by atoms with Gasteiger partial charge in [-0.3, -0.25) is 14.7 Å². The zero-order chi connectivity index (χ0) is 14.8. The summed E-state index contributed by atoms with van der Waals surface area (Å²) in [5, 5.41) is 6.73. The van der Waals surface area contributed by atoms with Crippen LogP contribution in [0, 0.1) is 6.92 Å². The summed E-state index contributed by atoms with van der Waals surface area (Å²) in [6.45, 7) is 2.89. The maximum Gasteiger partial charge on any atom is 0.289 e. The summed E-state index contributed by atoms with van der Waals surface area (Å²) in [4.78, 5) is 29.7. The number of rotatable bonds is 2. The second-order valence-corrected chi connectivity index (χ2v) is 5.21. The molecule has 0 spiro atoms. The van der Waals surface area contributed by atoms with Crippen LogP contribution in [0.15, 0.2) is 27.7 Å². The average molecular weight is 288 g/mol. The van der Waals surface area contributed by atoms with E-state index in [-0.39, 0.29) is 17.1 Å². The van der Waals surface area contributed by atoms with Crippen LogP contribution in [0.3, 0.4) is 0 Å². The van der Waals surface area contributed by atoms with Crippen LogP contribution in [0.25, 0.3) is 0 Å². The molecular formula is C14H16N4O3. The van der Waals surface area contributed by atoms with Gasteiger partial charge >= 0.3 is 0 Å². The Morgan fingerprint density at radius 3 is 2.76 bits per heavy atom. The highest BCUT2D eigenvalue weighted by molar-refractivity contribution is 5.91. The van der Waals surface area contributed by atoms with Crippen LogP contribution >= 0.6 is 0 Å². The van der Waals surface area contributed by atoms with Crippen LogP contribution in [0.5, 0.6) is 0 Å². The SMILES string of the molecule is Cc1cc(=O)cc(C(=O)N2CCC(c3ncn[nH]3)CC2)o1. The molecule has 1 fully saturated rings. The highest BCUT2D eigenvalue weighted by Crippen LogP contribution is 2.25. The molecule has 1 N–H and O–H groups in total. The van der Waals surface area contributed by atoms with Gasteiger partial charge in [0.05, 0.1) is 0 Å². The molecule has 1 aliphatic rings. The van der Waals surface area contributed by atoms with E-state index >= 15 is 0 Å². The lowest BCUT2D eigenvalue weighted by molar-refractivity contribution is 0.0674. The Balaban J connectivity index is 1.69. The van der Waals surface area contributed by atoms with Crippen molar-refractivity contribution >= 4 is 5.91 Å². The number of aromatic nitrogens is 3. The first-order valence-electron chi connectivity index (χ1n) is 6.90. The summed E-state index contributed by atoms with van der Waals surface area (Å²) >= 11 is 0. The summed E-state index contributed by atoms with van der Waals surface area (Å²) in [5.74, 6) is 1.48. The highest BCUT2D eigenvalue weighted by Gasteiger charge is 2.27. The van der Waals surface area contributed by atoms with Crippen LogP contribution in [-0.4, -0.2) is 39.1 Å². The molecule has 1 amide bonds. The third-order valence-electron chi connectivity index (χ3n) is 3.70. The Morgan fingerprint density at radius 1 is 1.38 bits per heavy atom. The van der Waals surface area contributed by atoms with Gasteiger partial charge in [-0.25, -0.2) is 4.98 Å². The Hall–Kier alpha value is -2.44. The zero-order valence-electron chi connectivity index (χ0n) is 11.7. The van der Waals surface area contributed by atoms with Gasteiger partial charge in [0.2, 0.25) is 0 Å². The van der Waals surface area contributed by atoms with Crippen molar-refractivity contribution in [2.24, 2.45) is 0 Å². The first kappa shape index (κ1) is 13.5. The van der Waals surface area contributed by atoms with Gasteiger partial charge in [0, 0.05) is 31.1 Å². The maximum atomic E-state index is 12.4. The summed E-state index contributed by atoms with van der Waals surface area (Å²) in [6.07, 6.45) is 3.13. The molecule has 0 aromatic carbocycles. The molecule has 7 heteroatoms. The molecule has 21 heavy (non-hydrogen) atoms. The van der Waals surface area contributed by atoms with Crippen molar-refractivity contribution in [3.63, 3.8) is 0 Å². The second kappa shape index (κ2) is 5.51. The number of likely N-dealkylation sites (tertiary alicyclic amines) is 1. The van der Waals surface area contributed by atoms with Crippen LogP contribution in [0.4, 0.5) is 0 Å². The summed E-state index contributed by atoms with van der Waals surface area (Å²) in [7, 11) is 0. The molecule has 0 unspecified atom stereocenters. The number of amides is 1. The molecule has 110 valence electrons. The number of hydrogen-bond donors (Lipinski definition) is 1. The third kappa shape index (κ3) is 2.86. The quantitative estimate of drug-likeness (QED) is 0.893. The van der Waals surface area contributed by atoms with Crippen molar-refractivity contribution in [2.45, 2.75) is 25.7 Å². The molecular weight excluding hydrogens is 272 g/mol. The van der Waals surface area contributed by atoms with Gasteiger partial charge < -0.3 is 9.32 Å². The van der Waals surface area contributed by atoms with Crippen LogP contribution in [0.1, 0.15) is 40.9 Å². The molecule has 1 aliphatic heterocycles. The van der Waals surface area contributed by atoms with Gasteiger partial charge in [0.1, 0.15) is 17.9 Å². The normalized spacial score (nSPS) is 16.1. The van der Waals surface area contributed by atoms with E-state index in [1.807, 2.05) is 0 Å². The van der Waals surface area contributed by atoms with Crippen LogP contribution < -0.4 is 5.43 Å². The van der Waals surface area contributed by atoms with Gasteiger partial charge in [0.15, 0.2) is 11.2 Å². The average Bonchev–Trinajstić information content (AvgIpc) is 3.00. The van der Waals surface area contributed by atoms with Gasteiger partial charge in [-0.2, -0.15) is 5.10 Å². The van der Waals surface area contributed by atoms with E-state index in [1.165, 1.54) is 18.5 Å². The Bertz CT molecular complexity index is 684. The number of carbonyl (C=O) groups is 1. The monoisotopic (exact) mass is 288 g/mol.